The van der Waals surface area contributed by atoms with Gasteiger partial charge in [0.25, 0.3) is 6.43 Å². The number of ether oxygens (including phenoxy) is 1. The van der Waals surface area contributed by atoms with Crippen LogP contribution in [0, 0.1) is 11.3 Å². The molecule has 0 spiro atoms. The minimum atomic E-state index is -2.84. The number of nitrogens with zero attached hydrogens (tertiary/aromatic N) is 1. The van der Waals surface area contributed by atoms with Crippen LogP contribution in [0.25, 0.3) is 0 Å². The van der Waals surface area contributed by atoms with E-state index in [1.165, 1.54) is 12.1 Å². The Labute approximate surface area is 105 Å². The number of rotatable bonds is 3. The maximum Gasteiger partial charge on any atom is 0.338 e. The molecule has 90 valence electrons. The maximum absolute atomic E-state index is 13.0. The van der Waals surface area contributed by atoms with Gasteiger partial charge in [-0.1, -0.05) is 15.9 Å². The van der Waals surface area contributed by atoms with Crippen molar-refractivity contribution in [3.63, 3.8) is 0 Å². The fourth-order valence-corrected chi connectivity index (χ4v) is 2.05. The molecule has 0 saturated carbocycles. The maximum atomic E-state index is 13.0. The molecular formula is C11H8BrF2NO2. The Bertz CT molecular complexity index is 483. The molecule has 0 aliphatic carbocycles. The Morgan fingerprint density at radius 2 is 2.24 bits per heavy atom. The second kappa shape index (κ2) is 5.73. The number of nitriles is 1. The molecule has 3 nitrogen and oxygen atoms in total. The molecular weight excluding hydrogens is 296 g/mol. The lowest BCUT2D eigenvalue weighted by molar-refractivity contribution is 0.0589. The zero-order chi connectivity index (χ0) is 13.0. The van der Waals surface area contributed by atoms with E-state index in [1.54, 1.807) is 0 Å². The molecule has 0 atom stereocenters. The lowest BCUT2D eigenvalue weighted by Gasteiger charge is -2.12. The number of esters is 1. The summed E-state index contributed by atoms with van der Waals surface area (Å²) in [4.78, 5) is 11.4. The summed E-state index contributed by atoms with van der Waals surface area (Å²) in [6, 6.07) is 4.32. The highest BCUT2D eigenvalue weighted by Crippen LogP contribution is 2.31. The number of hydrogen-bond donors (Lipinski definition) is 0. The molecule has 6 heteroatoms. The van der Waals surface area contributed by atoms with Crippen molar-refractivity contribution in [1.82, 2.24) is 0 Å². The van der Waals surface area contributed by atoms with Crippen LogP contribution in [0.1, 0.15) is 33.5 Å². The van der Waals surface area contributed by atoms with Gasteiger partial charge in [-0.25, -0.2) is 13.6 Å². The fraction of sp³-hybridized carbons (Fsp3) is 0.273. The molecule has 0 aliphatic heterocycles. The number of halogens is 3. The largest absolute Gasteiger partial charge is 0.465 e. The average Bonchev–Trinajstić information content (AvgIpc) is 2.35. The van der Waals surface area contributed by atoms with Gasteiger partial charge in [0.1, 0.15) is 0 Å². The molecule has 0 amide bonds. The van der Waals surface area contributed by atoms with E-state index in [-0.39, 0.29) is 22.0 Å². The summed E-state index contributed by atoms with van der Waals surface area (Å²) in [6.45, 7) is 0. The molecule has 0 radical (unpaired) electrons. The van der Waals surface area contributed by atoms with Crippen LogP contribution in [-0.4, -0.2) is 13.1 Å². The summed E-state index contributed by atoms with van der Waals surface area (Å²) in [6.07, 6.45) is -2.84. The van der Waals surface area contributed by atoms with E-state index in [0.29, 0.717) is 0 Å². The summed E-state index contributed by atoms with van der Waals surface area (Å²) < 4.78 is 30.3. The van der Waals surface area contributed by atoms with Crippen LogP contribution in [-0.2, 0) is 10.1 Å². The summed E-state index contributed by atoms with van der Waals surface area (Å²) in [5, 5.41) is 8.88. The zero-order valence-corrected chi connectivity index (χ0v) is 10.4. The number of carbonyl (C=O) groups is 1. The summed E-state index contributed by atoms with van der Waals surface area (Å²) in [5.41, 5.74) is -0.432. The molecule has 1 aromatic carbocycles. The second-order valence-electron chi connectivity index (χ2n) is 3.09. The first-order chi connectivity index (χ1) is 8.06. The molecule has 0 aromatic heterocycles. The van der Waals surface area contributed by atoms with Crippen LogP contribution in [0.2, 0.25) is 0 Å². The van der Waals surface area contributed by atoms with Crippen LogP contribution in [0.4, 0.5) is 8.78 Å². The zero-order valence-electron chi connectivity index (χ0n) is 8.84. The van der Waals surface area contributed by atoms with Gasteiger partial charge >= 0.3 is 5.97 Å². The van der Waals surface area contributed by atoms with Gasteiger partial charge in [0.2, 0.25) is 0 Å². The summed E-state index contributed by atoms with van der Waals surface area (Å²) in [5.74, 6) is -0.841. The highest BCUT2D eigenvalue weighted by atomic mass is 79.9. The molecule has 0 bridgehead atoms. The van der Waals surface area contributed by atoms with Crippen LogP contribution in [0.5, 0.6) is 0 Å². The Morgan fingerprint density at radius 1 is 1.59 bits per heavy atom. The molecule has 0 N–H and O–H groups in total. The monoisotopic (exact) mass is 303 g/mol. The second-order valence-corrected chi connectivity index (χ2v) is 3.65. The van der Waals surface area contributed by atoms with E-state index in [9.17, 15) is 13.6 Å². The Kier molecular flexibility index (Phi) is 4.58. The number of methoxy groups -OCH3 is 1. The molecule has 17 heavy (non-hydrogen) atoms. The van der Waals surface area contributed by atoms with E-state index in [4.69, 9.17) is 5.26 Å². The van der Waals surface area contributed by atoms with Crippen molar-refractivity contribution in [2.45, 2.75) is 11.8 Å². The van der Waals surface area contributed by atoms with Crippen molar-refractivity contribution in [2.24, 2.45) is 0 Å². The standard InChI is InChI=1S/C11H8BrF2NO2/c1-17-11(16)7-3-2-6(5-15)8(4-12)9(7)10(13)14/h2-3,10H,4H2,1H3. The third-order valence-electron chi connectivity index (χ3n) is 2.23. The lowest BCUT2D eigenvalue weighted by Crippen LogP contribution is -2.09. The van der Waals surface area contributed by atoms with Gasteiger partial charge in [-0.2, -0.15) is 5.26 Å². The number of alkyl halides is 3. The van der Waals surface area contributed by atoms with Gasteiger partial charge < -0.3 is 4.74 Å². The van der Waals surface area contributed by atoms with E-state index in [0.717, 1.165) is 7.11 Å². The van der Waals surface area contributed by atoms with Gasteiger partial charge in [-0.05, 0) is 17.7 Å². The van der Waals surface area contributed by atoms with Crippen LogP contribution in [0.3, 0.4) is 0 Å². The highest BCUT2D eigenvalue weighted by molar-refractivity contribution is 9.08. The summed E-state index contributed by atoms with van der Waals surface area (Å²) in [7, 11) is 1.11. The van der Waals surface area contributed by atoms with Crippen molar-refractivity contribution in [2.75, 3.05) is 7.11 Å². The molecule has 0 unspecified atom stereocenters. The topological polar surface area (TPSA) is 50.1 Å². The van der Waals surface area contributed by atoms with E-state index < -0.39 is 18.0 Å². The minimum Gasteiger partial charge on any atom is -0.465 e. The van der Waals surface area contributed by atoms with Crippen molar-refractivity contribution in [1.29, 1.82) is 5.26 Å². The predicted octanol–water partition coefficient (Wildman–Crippen LogP) is 3.18. The van der Waals surface area contributed by atoms with E-state index >= 15 is 0 Å². The van der Waals surface area contributed by atoms with Gasteiger partial charge in [0, 0.05) is 10.9 Å². The Hall–Kier alpha value is -1.48. The average molecular weight is 304 g/mol. The molecule has 1 rings (SSSR count). The first-order valence-electron chi connectivity index (χ1n) is 4.55. The van der Waals surface area contributed by atoms with E-state index in [1.807, 2.05) is 6.07 Å². The molecule has 0 aliphatic rings. The predicted molar refractivity (Wildman–Crippen MR) is 60.1 cm³/mol. The first-order valence-corrected chi connectivity index (χ1v) is 5.67. The highest BCUT2D eigenvalue weighted by Gasteiger charge is 2.24. The molecule has 1 aromatic rings. The minimum absolute atomic E-state index is 0.0698. The lowest BCUT2D eigenvalue weighted by atomic mass is 9.97. The quantitative estimate of drug-likeness (QED) is 0.636. The van der Waals surface area contributed by atoms with Crippen LogP contribution >= 0.6 is 15.9 Å². The first kappa shape index (κ1) is 13.6. The summed E-state index contributed by atoms with van der Waals surface area (Å²) >= 11 is 3.04. The third kappa shape index (κ3) is 2.61. The smallest absolute Gasteiger partial charge is 0.338 e. The SMILES string of the molecule is COC(=O)c1ccc(C#N)c(CBr)c1C(F)F. The van der Waals surface area contributed by atoms with Crippen molar-refractivity contribution in [3.8, 4) is 6.07 Å². The molecule has 0 saturated heterocycles. The molecule has 0 fully saturated rings. The van der Waals surface area contributed by atoms with E-state index in [2.05, 4.69) is 20.7 Å². The van der Waals surface area contributed by atoms with Gasteiger partial charge in [-0.3, -0.25) is 0 Å². The van der Waals surface area contributed by atoms with Crippen molar-refractivity contribution in [3.05, 3.63) is 34.4 Å². The fourth-order valence-electron chi connectivity index (χ4n) is 1.45. The Balaban J connectivity index is 3.54. The van der Waals surface area contributed by atoms with Gasteiger partial charge in [-0.15, -0.1) is 0 Å². The number of benzene rings is 1. The number of hydrogen-bond acceptors (Lipinski definition) is 3. The van der Waals surface area contributed by atoms with Gasteiger partial charge in [0.15, 0.2) is 0 Å². The number of carbonyl (C=O) groups excluding carboxylic acids is 1. The third-order valence-corrected chi connectivity index (χ3v) is 2.80. The van der Waals surface area contributed by atoms with Crippen LogP contribution < -0.4 is 0 Å². The Morgan fingerprint density at radius 3 is 2.65 bits per heavy atom. The van der Waals surface area contributed by atoms with Crippen molar-refractivity contribution >= 4 is 21.9 Å². The normalized spacial score (nSPS) is 10.1. The van der Waals surface area contributed by atoms with Crippen molar-refractivity contribution < 1.29 is 18.3 Å². The molecule has 0 heterocycles. The van der Waals surface area contributed by atoms with Crippen LogP contribution in [0.15, 0.2) is 12.1 Å². The van der Waals surface area contributed by atoms with Gasteiger partial charge in [0.05, 0.1) is 24.3 Å².